The maximum Gasteiger partial charge on any atom is 0.251 e. The molecule has 6 heteroatoms. The Morgan fingerprint density at radius 2 is 1.77 bits per heavy atom. The first-order valence-corrected chi connectivity index (χ1v) is 12.4. The van der Waals surface area contributed by atoms with Gasteiger partial charge < -0.3 is 5.32 Å². The molecular formula is C24H30N2O3S. The summed E-state index contributed by atoms with van der Waals surface area (Å²) in [4.78, 5) is 13.0. The van der Waals surface area contributed by atoms with Crippen LogP contribution in [0, 0.1) is 6.92 Å². The second-order valence-corrected chi connectivity index (χ2v) is 10.7. The Morgan fingerprint density at radius 1 is 1.10 bits per heavy atom. The van der Waals surface area contributed by atoms with Gasteiger partial charge in [0.1, 0.15) is 0 Å². The molecular weight excluding hydrogens is 396 g/mol. The summed E-state index contributed by atoms with van der Waals surface area (Å²) in [6.45, 7) is 4.92. The normalized spacial score (nSPS) is 20.8. The second-order valence-electron chi connectivity index (χ2n) is 8.62. The SMILES string of the molecule is CCCS(=O)(=O)N1CCC2(CC1)c1ccccc1CC2NC(=O)c1ccc(C)cc1. The zero-order valence-corrected chi connectivity index (χ0v) is 18.5. The predicted octanol–water partition coefficient (Wildman–Crippen LogP) is 3.42. The van der Waals surface area contributed by atoms with Crippen LogP contribution in [-0.2, 0) is 21.9 Å². The first kappa shape index (κ1) is 21.1. The summed E-state index contributed by atoms with van der Waals surface area (Å²) in [7, 11) is -3.20. The molecule has 1 heterocycles. The van der Waals surface area contributed by atoms with Crippen molar-refractivity contribution < 1.29 is 13.2 Å². The smallest absolute Gasteiger partial charge is 0.251 e. The van der Waals surface area contributed by atoms with E-state index >= 15 is 0 Å². The predicted molar refractivity (Wildman–Crippen MR) is 119 cm³/mol. The van der Waals surface area contributed by atoms with Crippen molar-refractivity contribution in [3.63, 3.8) is 0 Å². The molecule has 5 nitrogen and oxygen atoms in total. The Morgan fingerprint density at radius 3 is 2.43 bits per heavy atom. The lowest BCUT2D eigenvalue weighted by Crippen LogP contribution is -2.54. The fraction of sp³-hybridized carbons (Fsp3) is 0.458. The number of hydrogen-bond donors (Lipinski definition) is 1. The summed E-state index contributed by atoms with van der Waals surface area (Å²) in [6.07, 6.45) is 2.87. The van der Waals surface area contributed by atoms with E-state index in [9.17, 15) is 13.2 Å². The molecule has 1 N–H and O–H groups in total. The number of nitrogens with zero attached hydrogens (tertiary/aromatic N) is 1. The molecule has 4 rings (SSSR count). The largest absolute Gasteiger partial charge is 0.348 e. The van der Waals surface area contributed by atoms with Crippen LogP contribution in [0.2, 0.25) is 0 Å². The van der Waals surface area contributed by atoms with E-state index in [0.717, 1.165) is 24.8 Å². The summed E-state index contributed by atoms with van der Waals surface area (Å²) >= 11 is 0. The Labute approximate surface area is 179 Å². The van der Waals surface area contributed by atoms with Crippen LogP contribution in [0.15, 0.2) is 48.5 Å². The second kappa shape index (κ2) is 8.16. The number of nitrogens with one attached hydrogen (secondary N) is 1. The van der Waals surface area contributed by atoms with Crippen molar-refractivity contribution in [3.8, 4) is 0 Å². The third-order valence-corrected chi connectivity index (χ3v) is 8.81. The first-order valence-electron chi connectivity index (χ1n) is 10.8. The standard InChI is InChI=1S/C24H30N2O3S/c1-3-16-30(28,29)26-14-12-24(13-15-26)21-7-5-4-6-20(21)17-22(24)25-23(27)19-10-8-18(2)9-11-19/h4-11,22H,3,12-17H2,1-2H3,(H,25,27). The summed E-state index contributed by atoms with van der Waals surface area (Å²) in [5.74, 6) is 0.137. The van der Waals surface area contributed by atoms with E-state index in [4.69, 9.17) is 0 Å². The molecule has 30 heavy (non-hydrogen) atoms. The average Bonchev–Trinajstić information content (AvgIpc) is 3.02. The van der Waals surface area contributed by atoms with Gasteiger partial charge in [-0.1, -0.05) is 48.9 Å². The van der Waals surface area contributed by atoms with E-state index in [-0.39, 0.29) is 23.1 Å². The summed E-state index contributed by atoms with van der Waals surface area (Å²) < 4.78 is 26.8. The number of aryl methyl sites for hydroxylation is 1. The fourth-order valence-corrected chi connectivity index (χ4v) is 6.60. The van der Waals surface area contributed by atoms with E-state index in [0.29, 0.717) is 25.1 Å². The highest BCUT2D eigenvalue weighted by atomic mass is 32.2. The van der Waals surface area contributed by atoms with Crippen LogP contribution in [0.1, 0.15) is 53.2 Å². The molecule has 1 spiro atoms. The molecule has 2 aromatic rings. The minimum Gasteiger partial charge on any atom is -0.348 e. The number of fused-ring (bicyclic) bond motifs is 2. The van der Waals surface area contributed by atoms with Gasteiger partial charge in [0.25, 0.3) is 5.91 Å². The van der Waals surface area contributed by atoms with Gasteiger partial charge in [-0.2, -0.15) is 0 Å². The summed E-state index contributed by atoms with van der Waals surface area (Å²) in [5.41, 5.74) is 4.10. The van der Waals surface area contributed by atoms with Crippen molar-refractivity contribution in [1.29, 1.82) is 0 Å². The Hall–Kier alpha value is -2.18. The molecule has 1 amide bonds. The van der Waals surface area contributed by atoms with Crippen LogP contribution in [0.4, 0.5) is 0 Å². The lowest BCUT2D eigenvalue weighted by atomic mass is 9.71. The minimum atomic E-state index is -3.20. The summed E-state index contributed by atoms with van der Waals surface area (Å²) in [5, 5.41) is 3.29. The van der Waals surface area contributed by atoms with Crippen LogP contribution < -0.4 is 5.32 Å². The van der Waals surface area contributed by atoms with Gasteiger partial charge in [0.15, 0.2) is 0 Å². The number of hydrogen-bond acceptors (Lipinski definition) is 3. The molecule has 1 fully saturated rings. The van der Waals surface area contributed by atoms with E-state index in [2.05, 4.69) is 17.4 Å². The van der Waals surface area contributed by atoms with Crippen molar-refractivity contribution in [3.05, 3.63) is 70.8 Å². The van der Waals surface area contributed by atoms with Crippen molar-refractivity contribution in [1.82, 2.24) is 9.62 Å². The van der Waals surface area contributed by atoms with Crippen LogP contribution in [0.25, 0.3) is 0 Å². The number of sulfonamides is 1. The van der Waals surface area contributed by atoms with Crippen molar-refractivity contribution in [2.45, 2.75) is 51.0 Å². The average molecular weight is 427 g/mol. The van der Waals surface area contributed by atoms with Gasteiger partial charge in [0, 0.05) is 30.1 Å². The highest BCUT2D eigenvalue weighted by Crippen LogP contribution is 2.46. The molecule has 2 aromatic carbocycles. The summed E-state index contributed by atoms with van der Waals surface area (Å²) in [6, 6.07) is 16.0. The highest BCUT2D eigenvalue weighted by molar-refractivity contribution is 7.89. The number of amides is 1. The maximum atomic E-state index is 13.0. The van der Waals surface area contributed by atoms with Crippen LogP contribution in [-0.4, -0.2) is 43.5 Å². The molecule has 0 aromatic heterocycles. The number of piperidine rings is 1. The Balaban J connectivity index is 1.59. The van der Waals surface area contributed by atoms with E-state index in [1.807, 2.05) is 50.2 Å². The number of carbonyl (C=O) groups excluding carboxylic acids is 1. The minimum absolute atomic E-state index is 0.0280. The van der Waals surface area contributed by atoms with Crippen LogP contribution >= 0.6 is 0 Å². The third-order valence-electron chi connectivity index (χ3n) is 6.73. The van der Waals surface area contributed by atoms with Crippen molar-refractivity contribution in [2.75, 3.05) is 18.8 Å². The molecule has 160 valence electrons. The molecule has 1 unspecified atom stereocenters. The van der Waals surface area contributed by atoms with Gasteiger partial charge in [0.2, 0.25) is 10.0 Å². The van der Waals surface area contributed by atoms with Crippen molar-refractivity contribution in [2.24, 2.45) is 0 Å². The molecule has 0 radical (unpaired) electrons. The van der Waals surface area contributed by atoms with Gasteiger partial charge in [-0.05, 0) is 55.9 Å². The highest BCUT2D eigenvalue weighted by Gasteiger charge is 2.49. The Kier molecular flexibility index (Phi) is 5.73. The maximum absolute atomic E-state index is 13.0. The molecule has 1 aliphatic carbocycles. The molecule has 1 aliphatic heterocycles. The molecule has 2 aliphatic rings. The van der Waals surface area contributed by atoms with E-state index in [1.54, 1.807) is 4.31 Å². The van der Waals surface area contributed by atoms with Crippen molar-refractivity contribution >= 4 is 15.9 Å². The van der Waals surface area contributed by atoms with Gasteiger partial charge >= 0.3 is 0 Å². The molecule has 0 bridgehead atoms. The topological polar surface area (TPSA) is 66.5 Å². The Bertz CT molecular complexity index is 1020. The lowest BCUT2D eigenvalue weighted by Gasteiger charge is -2.43. The number of carbonyl (C=O) groups is 1. The first-order chi connectivity index (χ1) is 14.4. The molecule has 1 saturated heterocycles. The lowest BCUT2D eigenvalue weighted by molar-refractivity contribution is 0.0896. The van der Waals surface area contributed by atoms with Crippen LogP contribution in [0.5, 0.6) is 0 Å². The van der Waals surface area contributed by atoms with E-state index in [1.165, 1.54) is 11.1 Å². The van der Waals surface area contributed by atoms with Gasteiger partial charge in [-0.25, -0.2) is 12.7 Å². The fourth-order valence-electron chi connectivity index (χ4n) is 5.09. The third kappa shape index (κ3) is 3.79. The van der Waals surface area contributed by atoms with Gasteiger partial charge in [0.05, 0.1) is 5.75 Å². The number of rotatable bonds is 5. The zero-order chi connectivity index (χ0) is 21.4. The van der Waals surface area contributed by atoms with Gasteiger partial charge in [-0.3, -0.25) is 4.79 Å². The number of benzene rings is 2. The van der Waals surface area contributed by atoms with E-state index < -0.39 is 10.0 Å². The monoisotopic (exact) mass is 426 g/mol. The van der Waals surface area contributed by atoms with Crippen LogP contribution in [0.3, 0.4) is 0 Å². The zero-order valence-electron chi connectivity index (χ0n) is 17.7. The molecule has 0 saturated carbocycles. The molecule has 1 atom stereocenters. The van der Waals surface area contributed by atoms with Gasteiger partial charge in [-0.15, -0.1) is 0 Å². The quantitative estimate of drug-likeness (QED) is 0.797.